The first-order valence-electron chi connectivity index (χ1n) is 9.73. The van der Waals surface area contributed by atoms with E-state index in [4.69, 9.17) is 0 Å². The first-order valence-corrected chi connectivity index (χ1v) is 9.73. The molecule has 0 unspecified atom stereocenters. The molecular weight excluding hydrogens is 340 g/mol. The van der Waals surface area contributed by atoms with Gasteiger partial charge in [0.25, 0.3) is 0 Å². The second kappa shape index (κ2) is 5.49. The van der Waals surface area contributed by atoms with Crippen LogP contribution in [0.5, 0.6) is 0 Å². The molecule has 2 aromatic heterocycles. The second-order valence-corrected chi connectivity index (χ2v) is 7.70. The average molecular weight is 360 g/mol. The van der Waals surface area contributed by atoms with Crippen molar-refractivity contribution in [2.45, 2.75) is 13.8 Å². The van der Waals surface area contributed by atoms with Crippen LogP contribution in [0.15, 0.2) is 84.9 Å². The van der Waals surface area contributed by atoms with Crippen molar-refractivity contribution < 1.29 is 0 Å². The molecule has 0 N–H and O–H groups in total. The van der Waals surface area contributed by atoms with Crippen LogP contribution in [-0.4, -0.2) is 9.35 Å². The van der Waals surface area contributed by atoms with Crippen molar-refractivity contribution in [2.75, 3.05) is 0 Å². The largest absolute Gasteiger partial charge is 0.248 e. The minimum atomic E-state index is 1.23. The standard InChI is InChI=1S/C26H20N2/c1-17-11-13-25-21(15-17)19-7-3-5-9-23(19)27(25)28-24-10-6-4-8-20(24)22-16-18(2)12-14-26(22)28/h3-16H,1-2H3. The summed E-state index contributed by atoms with van der Waals surface area (Å²) in [7, 11) is 0. The molecule has 134 valence electrons. The van der Waals surface area contributed by atoms with Gasteiger partial charge in [-0.1, -0.05) is 59.7 Å². The molecule has 28 heavy (non-hydrogen) atoms. The lowest BCUT2D eigenvalue weighted by Crippen LogP contribution is -2.08. The fourth-order valence-corrected chi connectivity index (χ4v) is 4.56. The summed E-state index contributed by atoms with van der Waals surface area (Å²) >= 11 is 0. The summed E-state index contributed by atoms with van der Waals surface area (Å²) in [6.45, 7) is 4.32. The fraction of sp³-hybridized carbons (Fsp3) is 0.0769. The summed E-state index contributed by atoms with van der Waals surface area (Å²) < 4.78 is 4.76. The van der Waals surface area contributed by atoms with Gasteiger partial charge >= 0.3 is 0 Å². The van der Waals surface area contributed by atoms with Gasteiger partial charge in [-0.3, -0.25) is 0 Å². The molecule has 0 aliphatic heterocycles. The Morgan fingerprint density at radius 3 is 1.29 bits per heavy atom. The Balaban J connectivity index is 1.90. The minimum Gasteiger partial charge on any atom is -0.248 e. The quantitative estimate of drug-likeness (QED) is 0.304. The lowest BCUT2D eigenvalue weighted by Gasteiger charge is -2.13. The lowest BCUT2D eigenvalue weighted by molar-refractivity contribution is 0.774. The molecule has 0 bridgehead atoms. The zero-order chi connectivity index (χ0) is 18.8. The Kier molecular flexibility index (Phi) is 3.05. The average Bonchev–Trinajstić information content (AvgIpc) is 3.20. The van der Waals surface area contributed by atoms with Crippen LogP contribution in [0.25, 0.3) is 43.6 Å². The van der Waals surface area contributed by atoms with Gasteiger partial charge in [-0.2, -0.15) is 0 Å². The van der Waals surface area contributed by atoms with Gasteiger partial charge in [0.1, 0.15) is 0 Å². The summed E-state index contributed by atoms with van der Waals surface area (Å²) in [5.74, 6) is 0. The zero-order valence-electron chi connectivity index (χ0n) is 16.0. The van der Waals surface area contributed by atoms with E-state index in [1.165, 1.54) is 54.7 Å². The number of rotatable bonds is 1. The van der Waals surface area contributed by atoms with Crippen LogP contribution in [0.1, 0.15) is 11.1 Å². The van der Waals surface area contributed by atoms with E-state index in [1.54, 1.807) is 0 Å². The predicted molar refractivity (Wildman–Crippen MR) is 119 cm³/mol. The van der Waals surface area contributed by atoms with E-state index in [9.17, 15) is 0 Å². The molecule has 6 aromatic rings. The van der Waals surface area contributed by atoms with E-state index in [2.05, 4.69) is 108 Å². The van der Waals surface area contributed by atoms with Gasteiger partial charge in [0.15, 0.2) is 0 Å². The van der Waals surface area contributed by atoms with E-state index in [0.717, 1.165) is 0 Å². The third-order valence-electron chi connectivity index (χ3n) is 5.81. The maximum absolute atomic E-state index is 2.38. The Hall–Kier alpha value is -3.52. The highest BCUT2D eigenvalue weighted by atomic mass is 15.5. The molecule has 0 saturated heterocycles. The number of aryl methyl sites for hydroxylation is 2. The molecule has 0 radical (unpaired) electrons. The van der Waals surface area contributed by atoms with Gasteiger partial charge in [0.05, 0.1) is 22.1 Å². The highest BCUT2D eigenvalue weighted by Crippen LogP contribution is 2.35. The highest BCUT2D eigenvalue weighted by Gasteiger charge is 2.17. The van der Waals surface area contributed by atoms with Gasteiger partial charge < -0.3 is 0 Å². The summed E-state index contributed by atoms with van der Waals surface area (Å²) in [6, 6.07) is 30.9. The Bertz CT molecular complexity index is 1410. The molecule has 0 fully saturated rings. The van der Waals surface area contributed by atoms with Crippen molar-refractivity contribution in [3.63, 3.8) is 0 Å². The number of nitrogens with zero attached hydrogens (tertiary/aromatic N) is 2. The van der Waals surface area contributed by atoms with Crippen molar-refractivity contribution >= 4 is 43.6 Å². The third kappa shape index (κ3) is 1.97. The molecule has 0 amide bonds. The number of benzene rings is 4. The van der Waals surface area contributed by atoms with Crippen LogP contribution in [0.3, 0.4) is 0 Å². The molecule has 0 aliphatic rings. The monoisotopic (exact) mass is 360 g/mol. The van der Waals surface area contributed by atoms with E-state index < -0.39 is 0 Å². The van der Waals surface area contributed by atoms with E-state index in [0.29, 0.717) is 0 Å². The highest BCUT2D eigenvalue weighted by molar-refractivity contribution is 6.11. The molecule has 2 nitrogen and oxygen atoms in total. The Labute approximate surface area is 163 Å². The molecule has 0 saturated carbocycles. The lowest BCUT2D eigenvalue weighted by atomic mass is 10.1. The molecule has 2 heteroatoms. The van der Waals surface area contributed by atoms with Gasteiger partial charge in [0.2, 0.25) is 0 Å². The molecular formula is C26H20N2. The van der Waals surface area contributed by atoms with Crippen LogP contribution >= 0.6 is 0 Å². The molecule has 0 atom stereocenters. The minimum absolute atomic E-state index is 1.23. The summed E-state index contributed by atoms with van der Waals surface area (Å²) in [4.78, 5) is 0. The van der Waals surface area contributed by atoms with Crippen molar-refractivity contribution in [1.29, 1.82) is 0 Å². The summed E-state index contributed by atoms with van der Waals surface area (Å²) in [5.41, 5.74) is 7.49. The first-order chi connectivity index (χ1) is 13.7. The Morgan fingerprint density at radius 1 is 0.429 bits per heavy atom. The van der Waals surface area contributed by atoms with E-state index in [1.807, 2.05) is 0 Å². The molecule has 0 spiro atoms. The van der Waals surface area contributed by atoms with Crippen molar-refractivity contribution in [3.8, 4) is 0 Å². The van der Waals surface area contributed by atoms with Crippen molar-refractivity contribution in [3.05, 3.63) is 96.1 Å². The van der Waals surface area contributed by atoms with Gasteiger partial charge in [0, 0.05) is 21.5 Å². The SMILES string of the molecule is Cc1ccc2c(c1)c1ccccc1n2-n1c2ccccc2c2cc(C)ccc21. The number of aromatic nitrogens is 2. The smallest absolute Gasteiger partial charge is 0.0716 e. The van der Waals surface area contributed by atoms with Crippen LogP contribution in [0.2, 0.25) is 0 Å². The molecule has 4 aromatic carbocycles. The summed E-state index contributed by atoms with van der Waals surface area (Å²) in [6.07, 6.45) is 0. The van der Waals surface area contributed by atoms with Crippen molar-refractivity contribution in [2.24, 2.45) is 0 Å². The third-order valence-corrected chi connectivity index (χ3v) is 5.81. The predicted octanol–water partition coefficient (Wildman–Crippen LogP) is 6.83. The topological polar surface area (TPSA) is 9.86 Å². The van der Waals surface area contributed by atoms with Crippen LogP contribution in [0.4, 0.5) is 0 Å². The maximum Gasteiger partial charge on any atom is 0.0716 e. The number of fused-ring (bicyclic) bond motifs is 6. The summed E-state index contributed by atoms with van der Waals surface area (Å²) in [5, 5.41) is 5.18. The van der Waals surface area contributed by atoms with Gasteiger partial charge in [-0.25, -0.2) is 9.35 Å². The van der Waals surface area contributed by atoms with Gasteiger partial charge in [-0.05, 0) is 50.2 Å². The van der Waals surface area contributed by atoms with Crippen LogP contribution in [0, 0.1) is 13.8 Å². The number of hydrogen-bond acceptors (Lipinski definition) is 0. The molecule has 2 heterocycles. The normalized spacial score (nSPS) is 11.9. The van der Waals surface area contributed by atoms with Crippen LogP contribution < -0.4 is 0 Å². The van der Waals surface area contributed by atoms with E-state index >= 15 is 0 Å². The Morgan fingerprint density at radius 2 is 0.821 bits per heavy atom. The first kappa shape index (κ1) is 15.5. The maximum atomic E-state index is 2.38. The van der Waals surface area contributed by atoms with Crippen LogP contribution in [-0.2, 0) is 0 Å². The number of para-hydroxylation sites is 2. The van der Waals surface area contributed by atoms with Crippen molar-refractivity contribution in [1.82, 2.24) is 9.35 Å². The molecule has 0 aliphatic carbocycles. The zero-order valence-corrected chi connectivity index (χ0v) is 16.0. The fourth-order valence-electron chi connectivity index (χ4n) is 4.56. The molecule has 6 rings (SSSR count). The van der Waals surface area contributed by atoms with E-state index in [-0.39, 0.29) is 0 Å². The number of hydrogen-bond donors (Lipinski definition) is 0. The van der Waals surface area contributed by atoms with Gasteiger partial charge in [-0.15, -0.1) is 0 Å². The second-order valence-electron chi connectivity index (χ2n) is 7.70.